The van der Waals surface area contributed by atoms with Gasteiger partial charge in [0.05, 0.1) is 0 Å². The second-order valence-electron chi connectivity index (χ2n) is 4.95. The molecule has 0 saturated heterocycles. The predicted octanol–water partition coefficient (Wildman–Crippen LogP) is 3.71. The topological polar surface area (TPSA) is 0 Å². The first-order chi connectivity index (χ1) is 4.99. The van der Waals surface area contributed by atoms with Crippen LogP contribution in [0.5, 0.6) is 0 Å². The summed E-state index contributed by atoms with van der Waals surface area (Å²) in [5.41, 5.74) is 0.611. The molecule has 0 N–H and O–H groups in total. The molecule has 0 bridgehead atoms. The van der Waals surface area contributed by atoms with E-state index in [1.54, 1.807) is 0 Å². The lowest BCUT2D eigenvalue weighted by Crippen LogP contribution is -2.31. The minimum absolute atomic E-state index is 0.611. The molecule has 0 aliphatic heterocycles. The summed E-state index contributed by atoms with van der Waals surface area (Å²) in [6.45, 7) is 12.0. The standard InChI is InChI=1S/C11H22/c1-8(2)11(5,9(3)4)10-6-7-10/h8-10H,6-7H2,1-5H3. The molecule has 0 spiro atoms. The SMILES string of the molecule is CC(C)C(C)(C(C)C)C1CC1. The van der Waals surface area contributed by atoms with Crippen LogP contribution in [0.25, 0.3) is 0 Å². The Morgan fingerprint density at radius 2 is 1.36 bits per heavy atom. The fourth-order valence-electron chi connectivity index (χ4n) is 2.31. The van der Waals surface area contributed by atoms with Gasteiger partial charge in [-0.25, -0.2) is 0 Å². The highest BCUT2D eigenvalue weighted by atomic mass is 14.5. The van der Waals surface area contributed by atoms with Crippen LogP contribution in [0.2, 0.25) is 0 Å². The molecular weight excluding hydrogens is 132 g/mol. The molecule has 66 valence electrons. The lowest BCUT2D eigenvalue weighted by atomic mass is 9.67. The summed E-state index contributed by atoms with van der Waals surface area (Å²) in [6, 6.07) is 0. The Kier molecular flexibility index (Phi) is 2.32. The van der Waals surface area contributed by atoms with Gasteiger partial charge in [0.25, 0.3) is 0 Å². The van der Waals surface area contributed by atoms with Gasteiger partial charge in [0.1, 0.15) is 0 Å². The summed E-state index contributed by atoms with van der Waals surface area (Å²) in [6.07, 6.45) is 2.96. The minimum atomic E-state index is 0.611. The van der Waals surface area contributed by atoms with Gasteiger partial charge in [0, 0.05) is 0 Å². The van der Waals surface area contributed by atoms with Crippen molar-refractivity contribution >= 4 is 0 Å². The van der Waals surface area contributed by atoms with Gasteiger partial charge in [-0.2, -0.15) is 0 Å². The fraction of sp³-hybridized carbons (Fsp3) is 1.00. The summed E-state index contributed by atoms with van der Waals surface area (Å²) in [5.74, 6) is 2.72. The highest BCUT2D eigenvalue weighted by Gasteiger charge is 2.45. The molecule has 1 fully saturated rings. The van der Waals surface area contributed by atoms with E-state index in [9.17, 15) is 0 Å². The normalized spacial score (nSPS) is 19.9. The third-order valence-corrected chi connectivity index (χ3v) is 3.95. The summed E-state index contributed by atoms with van der Waals surface area (Å²) in [7, 11) is 0. The Balaban J connectivity index is 2.69. The van der Waals surface area contributed by atoms with Crippen molar-refractivity contribution in [3.05, 3.63) is 0 Å². The Bertz CT molecular complexity index is 115. The van der Waals surface area contributed by atoms with E-state index in [1.165, 1.54) is 12.8 Å². The third-order valence-electron chi connectivity index (χ3n) is 3.95. The van der Waals surface area contributed by atoms with Crippen LogP contribution in [0, 0.1) is 23.2 Å². The van der Waals surface area contributed by atoms with Gasteiger partial charge < -0.3 is 0 Å². The largest absolute Gasteiger partial charge is 0.0622 e. The Labute approximate surface area is 71.4 Å². The van der Waals surface area contributed by atoms with Crippen LogP contribution >= 0.6 is 0 Å². The first-order valence-electron chi connectivity index (χ1n) is 4.99. The molecule has 0 radical (unpaired) electrons. The van der Waals surface area contributed by atoms with E-state index < -0.39 is 0 Å². The molecule has 11 heavy (non-hydrogen) atoms. The van der Waals surface area contributed by atoms with Crippen LogP contribution in [-0.2, 0) is 0 Å². The molecule has 1 rings (SSSR count). The zero-order valence-electron chi connectivity index (χ0n) is 8.65. The minimum Gasteiger partial charge on any atom is -0.0622 e. The van der Waals surface area contributed by atoms with Gasteiger partial charge in [0.2, 0.25) is 0 Å². The third kappa shape index (κ3) is 1.45. The molecule has 0 heteroatoms. The quantitative estimate of drug-likeness (QED) is 0.581. The van der Waals surface area contributed by atoms with E-state index in [0.29, 0.717) is 5.41 Å². The van der Waals surface area contributed by atoms with Crippen molar-refractivity contribution in [2.24, 2.45) is 23.2 Å². The van der Waals surface area contributed by atoms with Crippen molar-refractivity contribution in [2.45, 2.75) is 47.5 Å². The van der Waals surface area contributed by atoms with Crippen LogP contribution in [-0.4, -0.2) is 0 Å². The molecule has 0 amide bonds. The van der Waals surface area contributed by atoms with E-state index in [1.807, 2.05) is 0 Å². The van der Waals surface area contributed by atoms with Crippen LogP contribution in [0.3, 0.4) is 0 Å². The van der Waals surface area contributed by atoms with Crippen molar-refractivity contribution in [2.75, 3.05) is 0 Å². The lowest BCUT2D eigenvalue weighted by molar-refractivity contribution is 0.105. The Morgan fingerprint density at radius 1 is 1.00 bits per heavy atom. The molecule has 0 atom stereocenters. The van der Waals surface area contributed by atoms with Crippen molar-refractivity contribution in [3.8, 4) is 0 Å². The molecule has 1 aliphatic carbocycles. The highest BCUT2D eigenvalue weighted by molar-refractivity contribution is 4.94. The molecule has 0 aromatic heterocycles. The average molecular weight is 154 g/mol. The molecule has 0 heterocycles. The van der Waals surface area contributed by atoms with Crippen LogP contribution in [0.4, 0.5) is 0 Å². The second-order valence-corrected chi connectivity index (χ2v) is 4.95. The lowest BCUT2D eigenvalue weighted by Gasteiger charge is -2.38. The van der Waals surface area contributed by atoms with E-state index in [-0.39, 0.29) is 0 Å². The maximum atomic E-state index is 2.47. The number of rotatable bonds is 3. The first kappa shape index (κ1) is 9.09. The molecule has 1 aliphatic rings. The predicted molar refractivity (Wildman–Crippen MR) is 50.5 cm³/mol. The molecule has 1 saturated carbocycles. The van der Waals surface area contributed by atoms with Crippen molar-refractivity contribution in [1.29, 1.82) is 0 Å². The number of hydrogen-bond donors (Lipinski definition) is 0. The Morgan fingerprint density at radius 3 is 1.45 bits per heavy atom. The smallest absolute Gasteiger partial charge is 0.0251 e. The van der Waals surface area contributed by atoms with Crippen molar-refractivity contribution in [3.63, 3.8) is 0 Å². The fourth-order valence-corrected chi connectivity index (χ4v) is 2.31. The van der Waals surface area contributed by atoms with Gasteiger partial charge >= 0.3 is 0 Å². The summed E-state index contributed by atoms with van der Waals surface area (Å²) >= 11 is 0. The van der Waals surface area contributed by atoms with Gasteiger partial charge in [-0.15, -0.1) is 0 Å². The number of hydrogen-bond acceptors (Lipinski definition) is 0. The van der Waals surface area contributed by atoms with E-state index in [0.717, 1.165) is 17.8 Å². The summed E-state index contributed by atoms with van der Waals surface area (Å²) in [4.78, 5) is 0. The summed E-state index contributed by atoms with van der Waals surface area (Å²) < 4.78 is 0. The second kappa shape index (κ2) is 2.80. The van der Waals surface area contributed by atoms with Gasteiger partial charge in [-0.1, -0.05) is 34.6 Å². The van der Waals surface area contributed by atoms with Crippen molar-refractivity contribution in [1.82, 2.24) is 0 Å². The van der Waals surface area contributed by atoms with Gasteiger partial charge in [0.15, 0.2) is 0 Å². The Hall–Kier alpha value is 0. The van der Waals surface area contributed by atoms with Crippen LogP contribution in [0.15, 0.2) is 0 Å². The van der Waals surface area contributed by atoms with Crippen molar-refractivity contribution < 1.29 is 0 Å². The van der Waals surface area contributed by atoms with E-state index >= 15 is 0 Å². The highest BCUT2D eigenvalue weighted by Crippen LogP contribution is 2.53. The molecule has 0 aromatic rings. The zero-order valence-corrected chi connectivity index (χ0v) is 8.65. The van der Waals surface area contributed by atoms with Crippen LogP contribution < -0.4 is 0 Å². The van der Waals surface area contributed by atoms with Crippen LogP contribution in [0.1, 0.15) is 47.5 Å². The molecular formula is C11H22. The van der Waals surface area contributed by atoms with E-state index in [2.05, 4.69) is 34.6 Å². The maximum Gasteiger partial charge on any atom is -0.0251 e. The van der Waals surface area contributed by atoms with Gasteiger partial charge in [-0.3, -0.25) is 0 Å². The summed E-state index contributed by atoms with van der Waals surface area (Å²) in [5, 5.41) is 0. The van der Waals surface area contributed by atoms with E-state index in [4.69, 9.17) is 0 Å². The molecule has 0 nitrogen and oxygen atoms in total. The van der Waals surface area contributed by atoms with Gasteiger partial charge in [-0.05, 0) is 36.0 Å². The monoisotopic (exact) mass is 154 g/mol. The maximum absolute atomic E-state index is 2.47. The molecule has 0 unspecified atom stereocenters. The average Bonchev–Trinajstić information content (AvgIpc) is 2.66. The first-order valence-corrected chi connectivity index (χ1v) is 4.99. The molecule has 0 aromatic carbocycles. The zero-order chi connectivity index (χ0) is 8.65.